The lowest BCUT2D eigenvalue weighted by molar-refractivity contribution is -0.121. The van der Waals surface area contributed by atoms with Gasteiger partial charge in [-0.05, 0) is 75.2 Å². The summed E-state index contributed by atoms with van der Waals surface area (Å²) in [6.07, 6.45) is 5.17. The number of halogens is 1. The number of thioether (sulfide) groups is 1. The zero-order valence-electron chi connectivity index (χ0n) is 20.1. The normalized spacial score (nSPS) is 16.9. The van der Waals surface area contributed by atoms with Gasteiger partial charge >= 0.3 is 5.97 Å². The van der Waals surface area contributed by atoms with Gasteiger partial charge in [0.2, 0.25) is 0 Å². The molecule has 0 N–H and O–H groups in total. The van der Waals surface area contributed by atoms with E-state index in [2.05, 4.69) is 0 Å². The van der Waals surface area contributed by atoms with Crippen molar-refractivity contribution in [3.63, 3.8) is 0 Å². The molecule has 6 nitrogen and oxygen atoms in total. The maximum absolute atomic E-state index is 13.7. The van der Waals surface area contributed by atoms with Crippen LogP contribution >= 0.6 is 23.4 Å². The van der Waals surface area contributed by atoms with Crippen LogP contribution in [0.3, 0.4) is 0 Å². The monoisotopic (exact) mass is 512 g/mol. The lowest BCUT2D eigenvalue weighted by Gasteiger charge is -2.33. The van der Waals surface area contributed by atoms with Gasteiger partial charge in [-0.2, -0.15) is 0 Å². The van der Waals surface area contributed by atoms with E-state index < -0.39 is 5.97 Å². The summed E-state index contributed by atoms with van der Waals surface area (Å²) in [5.74, 6) is -1.16. The number of hydrogen-bond donors (Lipinski definition) is 0. The van der Waals surface area contributed by atoms with Crippen LogP contribution in [0.15, 0.2) is 64.0 Å². The SMILES string of the molecule is CC(C)OC(=O)c1ccc(N2C(=O)C(Sc3ccc(Cl)cc3)=C(N(C)C3CCCCC3)C2=O)cc1. The molecule has 4 rings (SSSR count). The molecule has 2 aliphatic rings. The first-order chi connectivity index (χ1) is 16.8. The number of hydrogen-bond acceptors (Lipinski definition) is 6. The van der Waals surface area contributed by atoms with Crippen molar-refractivity contribution >= 4 is 46.8 Å². The summed E-state index contributed by atoms with van der Waals surface area (Å²) >= 11 is 7.31. The molecule has 8 heteroatoms. The Kier molecular flexibility index (Phi) is 7.87. The third kappa shape index (κ3) is 5.57. The molecule has 0 aromatic heterocycles. The molecule has 0 unspecified atom stereocenters. The topological polar surface area (TPSA) is 66.9 Å². The number of ether oxygens (including phenoxy) is 1. The first-order valence-corrected chi connectivity index (χ1v) is 13.1. The van der Waals surface area contributed by atoms with Gasteiger partial charge in [0.05, 0.1) is 17.4 Å². The maximum Gasteiger partial charge on any atom is 0.338 e. The van der Waals surface area contributed by atoms with E-state index in [1.165, 1.54) is 23.1 Å². The number of esters is 1. The van der Waals surface area contributed by atoms with Crippen LogP contribution in [0, 0.1) is 0 Å². The predicted molar refractivity (Wildman–Crippen MR) is 138 cm³/mol. The fraction of sp³-hybridized carbons (Fsp3) is 0.370. The molecule has 0 radical (unpaired) electrons. The number of rotatable bonds is 7. The van der Waals surface area contributed by atoms with Gasteiger partial charge in [0, 0.05) is 23.0 Å². The van der Waals surface area contributed by atoms with E-state index >= 15 is 0 Å². The summed E-state index contributed by atoms with van der Waals surface area (Å²) in [6.45, 7) is 3.56. The smallest absolute Gasteiger partial charge is 0.338 e. The predicted octanol–water partition coefficient (Wildman–Crippen LogP) is 6.05. The molecule has 2 aromatic carbocycles. The highest BCUT2D eigenvalue weighted by atomic mass is 35.5. The minimum absolute atomic E-state index is 0.212. The van der Waals surface area contributed by atoms with Crippen LogP contribution in [0.25, 0.3) is 0 Å². The van der Waals surface area contributed by atoms with Crippen molar-refractivity contribution in [2.45, 2.75) is 63.0 Å². The van der Waals surface area contributed by atoms with Gasteiger partial charge in [0.15, 0.2) is 0 Å². The summed E-state index contributed by atoms with van der Waals surface area (Å²) in [5, 5.41) is 0.606. The van der Waals surface area contributed by atoms with Crippen LogP contribution in [-0.2, 0) is 14.3 Å². The second-order valence-corrected chi connectivity index (χ2v) is 10.6. The van der Waals surface area contributed by atoms with E-state index in [1.807, 2.05) is 24.1 Å². The van der Waals surface area contributed by atoms with Gasteiger partial charge in [0.1, 0.15) is 10.6 Å². The van der Waals surface area contributed by atoms with E-state index in [-0.39, 0.29) is 24.0 Å². The third-order valence-electron chi connectivity index (χ3n) is 6.23. The van der Waals surface area contributed by atoms with Gasteiger partial charge in [-0.1, -0.05) is 42.6 Å². The second kappa shape index (κ2) is 10.9. The molecule has 1 aliphatic carbocycles. The summed E-state index contributed by atoms with van der Waals surface area (Å²) in [7, 11) is 1.91. The molecule has 35 heavy (non-hydrogen) atoms. The molecule has 184 valence electrons. The summed E-state index contributed by atoms with van der Waals surface area (Å²) in [5.41, 5.74) is 1.21. The van der Waals surface area contributed by atoms with Crippen molar-refractivity contribution in [2.24, 2.45) is 0 Å². The van der Waals surface area contributed by atoms with Gasteiger partial charge < -0.3 is 9.64 Å². The zero-order chi connectivity index (χ0) is 25.1. The van der Waals surface area contributed by atoms with E-state index in [1.54, 1.807) is 50.2 Å². The van der Waals surface area contributed by atoms with E-state index in [9.17, 15) is 14.4 Å². The van der Waals surface area contributed by atoms with E-state index in [4.69, 9.17) is 16.3 Å². The summed E-state index contributed by atoms with van der Waals surface area (Å²) in [6, 6.07) is 13.8. The molecule has 0 atom stereocenters. The van der Waals surface area contributed by atoms with Crippen molar-refractivity contribution < 1.29 is 19.1 Å². The number of nitrogens with zero attached hydrogens (tertiary/aromatic N) is 2. The average molecular weight is 513 g/mol. The molecule has 2 amide bonds. The molecule has 1 fully saturated rings. The van der Waals surface area contributed by atoms with Crippen molar-refractivity contribution in [3.8, 4) is 0 Å². The van der Waals surface area contributed by atoms with Crippen LogP contribution < -0.4 is 4.90 Å². The molecule has 1 heterocycles. The Labute approximate surface area is 215 Å². The maximum atomic E-state index is 13.7. The van der Waals surface area contributed by atoms with Crippen LogP contribution in [-0.4, -0.2) is 41.9 Å². The quantitative estimate of drug-likeness (QED) is 0.332. The molecule has 1 saturated carbocycles. The van der Waals surface area contributed by atoms with Crippen molar-refractivity contribution in [1.29, 1.82) is 0 Å². The minimum atomic E-state index is -0.444. The Balaban J connectivity index is 1.66. The Hall–Kier alpha value is -2.77. The number of carbonyl (C=O) groups is 3. The van der Waals surface area contributed by atoms with Gasteiger partial charge in [-0.15, -0.1) is 0 Å². The average Bonchev–Trinajstić information content (AvgIpc) is 3.09. The Morgan fingerprint density at radius 1 is 1.00 bits per heavy atom. The molecule has 0 spiro atoms. The first kappa shape index (κ1) is 25.3. The summed E-state index contributed by atoms with van der Waals surface area (Å²) < 4.78 is 5.24. The number of anilines is 1. The lowest BCUT2D eigenvalue weighted by atomic mass is 9.94. The zero-order valence-corrected chi connectivity index (χ0v) is 21.7. The van der Waals surface area contributed by atoms with Crippen molar-refractivity contribution in [2.75, 3.05) is 11.9 Å². The Bertz CT molecular complexity index is 1140. The van der Waals surface area contributed by atoms with Gasteiger partial charge in [-0.25, -0.2) is 9.69 Å². The van der Waals surface area contributed by atoms with Crippen LogP contribution in [0.5, 0.6) is 0 Å². The number of likely N-dealkylation sites (N-methyl/N-ethyl adjacent to an activating group) is 1. The lowest BCUT2D eigenvalue weighted by Crippen LogP contribution is -2.38. The standard InChI is InChI=1S/C27H29ClN2O4S/c1-17(2)34-27(33)18-9-13-21(14-10-18)30-25(31)23(29(3)20-7-5-4-6-8-20)24(26(30)32)35-22-15-11-19(28)12-16-22/h9-17,20H,4-8H2,1-3H3. The number of amides is 2. The van der Waals surface area contributed by atoms with E-state index in [0.717, 1.165) is 30.6 Å². The number of imide groups is 1. The second-order valence-electron chi connectivity index (χ2n) is 9.08. The number of benzene rings is 2. The van der Waals surface area contributed by atoms with Crippen LogP contribution in [0.4, 0.5) is 5.69 Å². The van der Waals surface area contributed by atoms with Gasteiger partial charge in [-0.3, -0.25) is 9.59 Å². The highest BCUT2D eigenvalue weighted by Gasteiger charge is 2.43. The Morgan fingerprint density at radius 2 is 1.63 bits per heavy atom. The van der Waals surface area contributed by atoms with E-state index in [0.29, 0.717) is 26.9 Å². The van der Waals surface area contributed by atoms with Crippen LogP contribution in [0.2, 0.25) is 5.02 Å². The molecular weight excluding hydrogens is 484 g/mol. The molecule has 0 bridgehead atoms. The molecule has 2 aromatic rings. The van der Waals surface area contributed by atoms with Gasteiger partial charge in [0.25, 0.3) is 11.8 Å². The fourth-order valence-electron chi connectivity index (χ4n) is 4.44. The fourth-order valence-corrected chi connectivity index (χ4v) is 5.58. The summed E-state index contributed by atoms with van der Waals surface area (Å²) in [4.78, 5) is 44.0. The largest absolute Gasteiger partial charge is 0.459 e. The van der Waals surface area contributed by atoms with Crippen LogP contribution in [0.1, 0.15) is 56.3 Å². The Morgan fingerprint density at radius 3 is 2.23 bits per heavy atom. The van der Waals surface area contributed by atoms with Crippen molar-refractivity contribution in [3.05, 3.63) is 69.7 Å². The molecule has 1 aliphatic heterocycles. The minimum Gasteiger partial charge on any atom is -0.459 e. The number of carbonyl (C=O) groups excluding carboxylic acids is 3. The molecule has 0 saturated heterocycles. The highest BCUT2D eigenvalue weighted by molar-refractivity contribution is 8.04. The molecular formula is C27H29ClN2O4S. The van der Waals surface area contributed by atoms with Crippen molar-refractivity contribution in [1.82, 2.24) is 4.90 Å². The highest BCUT2D eigenvalue weighted by Crippen LogP contribution is 2.40. The first-order valence-electron chi connectivity index (χ1n) is 11.9. The third-order valence-corrected chi connectivity index (χ3v) is 7.56.